The number of ether oxygens (including phenoxy) is 1. The van der Waals surface area contributed by atoms with E-state index in [2.05, 4.69) is 0 Å². The van der Waals surface area contributed by atoms with Crippen LogP contribution in [0.4, 0.5) is 0 Å². The Hall–Kier alpha value is -3.35. The number of nitrogens with zero attached hydrogens (tertiary/aromatic N) is 1. The van der Waals surface area contributed by atoms with Gasteiger partial charge in [0.05, 0.1) is 18.2 Å². The third kappa shape index (κ3) is 4.97. The van der Waals surface area contributed by atoms with E-state index in [9.17, 15) is 14.4 Å². The van der Waals surface area contributed by atoms with Crippen molar-refractivity contribution in [3.05, 3.63) is 64.2 Å². The Morgan fingerprint density at radius 2 is 1.50 bits per heavy atom. The van der Waals surface area contributed by atoms with E-state index in [0.29, 0.717) is 18.7 Å². The zero-order valence-electron chi connectivity index (χ0n) is 17.7. The highest BCUT2D eigenvalue weighted by atomic mass is 16.5. The van der Waals surface area contributed by atoms with Crippen molar-refractivity contribution in [2.75, 3.05) is 20.2 Å². The number of amides is 3. The fourth-order valence-corrected chi connectivity index (χ4v) is 3.54. The van der Waals surface area contributed by atoms with Gasteiger partial charge in [-0.05, 0) is 36.5 Å². The van der Waals surface area contributed by atoms with Crippen molar-refractivity contribution in [3.63, 3.8) is 0 Å². The van der Waals surface area contributed by atoms with Crippen LogP contribution in [0.3, 0.4) is 0 Å². The Balaban J connectivity index is 2.83. The smallest absolute Gasteiger partial charge is 0.257 e. The molecule has 160 valence electrons. The fourth-order valence-electron chi connectivity index (χ4n) is 3.54. The van der Waals surface area contributed by atoms with Crippen molar-refractivity contribution in [2.24, 2.45) is 11.5 Å². The first-order chi connectivity index (χ1) is 14.3. The number of carbonyl (C=O) groups excluding carboxylic acids is 3. The average Bonchev–Trinajstić information content (AvgIpc) is 2.72. The van der Waals surface area contributed by atoms with Crippen LogP contribution in [0, 0.1) is 0 Å². The van der Waals surface area contributed by atoms with Gasteiger partial charge < -0.3 is 21.1 Å². The third-order valence-corrected chi connectivity index (χ3v) is 4.83. The van der Waals surface area contributed by atoms with E-state index in [1.54, 1.807) is 4.90 Å². The molecule has 0 saturated carbocycles. The van der Waals surface area contributed by atoms with Crippen LogP contribution in [0.5, 0.6) is 5.75 Å². The molecule has 0 aliphatic rings. The predicted octanol–water partition coefficient (Wildman–Crippen LogP) is 2.75. The first-order valence-electron chi connectivity index (χ1n) is 10.0. The molecule has 2 rings (SSSR count). The summed E-state index contributed by atoms with van der Waals surface area (Å²) >= 11 is 0. The molecule has 4 N–H and O–H groups in total. The molecule has 0 aliphatic carbocycles. The number of nitrogens with two attached hydrogens (primary N) is 2. The SMILES string of the molecule is CCCN(CCC)C(=O)c1c(Cc2ccccc2)c(C(N)=O)cc(C(N)=O)c1OC. The lowest BCUT2D eigenvalue weighted by Gasteiger charge is -2.26. The Morgan fingerprint density at radius 3 is 1.97 bits per heavy atom. The molecule has 0 bridgehead atoms. The van der Waals surface area contributed by atoms with Crippen LogP contribution in [-0.4, -0.2) is 42.8 Å². The van der Waals surface area contributed by atoms with Gasteiger partial charge >= 0.3 is 0 Å². The molecule has 0 unspecified atom stereocenters. The molecule has 0 aromatic heterocycles. The van der Waals surface area contributed by atoms with E-state index in [4.69, 9.17) is 16.2 Å². The molecule has 7 nitrogen and oxygen atoms in total. The van der Waals surface area contributed by atoms with Crippen molar-refractivity contribution >= 4 is 17.7 Å². The second kappa shape index (κ2) is 10.4. The van der Waals surface area contributed by atoms with Gasteiger partial charge in [0, 0.05) is 18.7 Å². The van der Waals surface area contributed by atoms with Crippen LogP contribution in [0.2, 0.25) is 0 Å². The number of methoxy groups -OCH3 is 1. The van der Waals surface area contributed by atoms with Crippen molar-refractivity contribution in [1.82, 2.24) is 4.90 Å². The molecule has 7 heteroatoms. The second-order valence-electron chi connectivity index (χ2n) is 7.04. The molecule has 30 heavy (non-hydrogen) atoms. The number of carbonyl (C=O) groups is 3. The zero-order chi connectivity index (χ0) is 22.3. The van der Waals surface area contributed by atoms with Crippen molar-refractivity contribution in [1.29, 1.82) is 0 Å². The van der Waals surface area contributed by atoms with Gasteiger partial charge in [0.25, 0.3) is 11.8 Å². The normalized spacial score (nSPS) is 10.5. The lowest BCUT2D eigenvalue weighted by Crippen LogP contribution is -2.34. The third-order valence-electron chi connectivity index (χ3n) is 4.83. The van der Waals surface area contributed by atoms with Gasteiger partial charge in [-0.25, -0.2) is 0 Å². The molecule has 0 spiro atoms. The predicted molar refractivity (Wildman–Crippen MR) is 116 cm³/mol. The Bertz CT molecular complexity index is 920. The van der Waals surface area contributed by atoms with Crippen LogP contribution in [0.1, 0.15) is 68.9 Å². The van der Waals surface area contributed by atoms with Crippen LogP contribution in [0.25, 0.3) is 0 Å². The summed E-state index contributed by atoms with van der Waals surface area (Å²) in [5.41, 5.74) is 12.7. The van der Waals surface area contributed by atoms with Gasteiger partial charge in [0.15, 0.2) is 0 Å². The van der Waals surface area contributed by atoms with Crippen molar-refractivity contribution in [3.8, 4) is 5.75 Å². The molecule has 3 amide bonds. The maximum absolute atomic E-state index is 13.6. The summed E-state index contributed by atoms with van der Waals surface area (Å²) in [4.78, 5) is 39.7. The number of primary amides is 2. The quantitative estimate of drug-likeness (QED) is 0.625. The monoisotopic (exact) mass is 411 g/mol. The van der Waals surface area contributed by atoms with Crippen molar-refractivity contribution in [2.45, 2.75) is 33.1 Å². The van der Waals surface area contributed by atoms with Crippen molar-refractivity contribution < 1.29 is 19.1 Å². The minimum atomic E-state index is -0.799. The largest absolute Gasteiger partial charge is 0.495 e. The first-order valence-corrected chi connectivity index (χ1v) is 10.0. The number of benzene rings is 2. The number of hydrogen-bond donors (Lipinski definition) is 2. The van der Waals surface area contributed by atoms with Gasteiger partial charge in [-0.15, -0.1) is 0 Å². The van der Waals surface area contributed by atoms with Gasteiger partial charge in [-0.2, -0.15) is 0 Å². The molecule has 0 radical (unpaired) electrons. The summed E-state index contributed by atoms with van der Waals surface area (Å²) in [6.07, 6.45) is 1.81. The lowest BCUT2D eigenvalue weighted by molar-refractivity contribution is 0.0751. The number of rotatable bonds is 10. The summed E-state index contributed by atoms with van der Waals surface area (Å²) in [5.74, 6) is -1.78. The Morgan fingerprint density at radius 1 is 0.933 bits per heavy atom. The van der Waals surface area contributed by atoms with E-state index >= 15 is 0 Å². The summed E-state index contributed by atoms with van der Waals surface area (Å²) < 4.78 is 5.48. The van der Waals surface area contributed by atoms with E-state index < -0.39 is 11.8 Å². The molecule has 2 aromatic rings. The highest BCUT2D eigenvalue weighted by Gasteiger charge is 2.30. The lowest BCUT2D eigenvalue weighted by atomic mass is 9.90. The van der Waals surface area contributed by atoms with Crippen LogP contribution in [-0.2, 0) is 6.42 Å². The summed E-state index contributed by atoms with van der Waals surface area (Å²) in [5, 5.41) is 0. The van der Waals surface area contributed by atoms with E-state index in [1.807, 2.05) is 44.2 Å². The second-order valence-corrected chi connectivity index (χ2v) is 7.04. The van der Waals surface area contributed by atoms with E-state index in [0.717, 1.165) is 18.4 Å². The van der Waals surface area contributed by atoms with Crippen LogP contribution >= 0.6 is 0 Å². The fraction of sp³-hybridized carbons (Fsp3) is 0.348. The Kier molecular flexibility index (Phi) is 7.98. The maximum Gasteiger partial charge on any atom is 0.257 e. The van der Waals surface area contributed by atoms with Gasteiger partial charge in [-0.3, -0.25) is 14.4 Å². The molecular formula is C23H29N3O4. The van der Waals surface area contributed by atoms with Crippen LogP contribution in [0.15, 0.2) is 36.4 Å². The van der Waals surface area contributed by atoms with Crippen LogP contribution < -0.4 is 16.2 Å². The number of hydrogen-bond acceptors (Lipinski definition) is 4. The molecule has 0 fully saturated rings. The topological polar surface area (TPSA) is 116 Å². The minimum absolute atomic E-state index is 0.0422. The Labute approximate surface area is 177 Å². The van der Waals surface area contributed by atoms with Gasteiger partial charge in [-0.1, -0.05) is 44.2 Å². The molecule has 0 saturated heterocycles. The van der Waals surface area contributed by atoms with E-state index in [1.165, 1.54) is 13.2 Å². The summed E-state index contributed by atoms with van der Waals surface area (Å²) in [6.45, 7) is 5.03. The maximum atomic E-state index is 13.6. The average molecular weight is 412 g/mol. The van der Waals surface area contributed by atoms with Gasteiger partial charge in [0.1, 0.15) is 5.75 Å². The molecule has 0 aliphatic heterocycles. The molecule has 2 aromatic carbocycles. The van der Waals surface area contributed by atoms with E-state index in [-0.39, 0.29) is 34.8 Å². The first kappa shape index (κ1) is 22.9. The summed E-state index contributed by atoms with van der Waals surface area (Å²) in [6, 6.07) is 10.7. The molecule has 0 heterocycles. The standard InChI is InChI=1S/C23H29N3O4/c1-4-11-26(12-5-2)23(29)19-16(13-15-9-7-6-8-10-15)17(21(24)27)14-18(22(25)28)20(19)30-3/h6-10,14H,4-5,11-13H2,1-3H3,(H2,24,27)(H2,25,28). The zero-order valence-corrected chi connectivity index (χ0v) is 17.7. The minimum Gasteiger partial charge on any atom is -0.495 e. The summed E-state index contributed by atoms with van der Waals surface area (Å²) in [7, 11) is 1.37. The highest BCUT2D eigenvalue weighted by Crippen LogP contribution is 2.33. The molecule has 0 atom stereocenters. The molecular weight excluding hydrogens is 382 g/mol. The van der Waals surface area contributed by atoms with Gasteiger partial charge in [0.2, 0.25) is 5.91 Å². The highest BCUT2D eigenvalue weighted by molar-refractivity contribution is 6.09.